The SMILES string of the molecule is C=CCCC(C)Nc1cn(C)nc1CC. The van der Waals surface area contributed by atoms with E-state index in [0.717, 1.165) is 30.6 Å². The summed E-state index contributed by atoms with van der Waals surface area (Å²) in [5.41, 5.74) is 2.31. The van der Waals surface area contributed by atoms with Gasteiger partial charge in [0.05, 0.1) is 11.4 Å². The van der Waals surface area contributed by atoms with Crippen molar-refractivity contribution in [3.63, 3.8) is 0 Å². The second-order valence-corrected chi connectivity index (χ2v) is 3.93. The molecule has 1 unspecified atom stereocenters. The van der Waals surface area contributed by atoms with Gasteiger partial charge in [-0.2, -0.15) is 5.10 Å². The van der Waals surface area contributed by atoms with E-state index in [1.807, 2.05) is 24.0 Å². The van der Waals surface area contributed by atoms with Gasteiger partial charge in [0.15, 0.2) is 0 Å². The van der Waals surface area contributed by atoms with E-state index in [9.17, 15) is 0 Å². The minimum Gasteiger partial charge on any atom is -0.380 e. The van der Waals surface area contributed by atoms with Gasteiger partial charge in [0.25, 0.3) is 0 Å². The maximum Gasteiger partial charge on any atom is 0.0853 e. The maximum absolute atomic E-state index is 4.40. The maximum atomic E-state index is 4.40. The Balaban J connectivity index is 2.58. The van der Waals surface area contributed by atoms with E-state index in [4.69, 9.17) is 0 Å². The molecule has 0 aliphatic heterocycles. The van der Waals surface area contributed by atoms with Gasteiger partial charge in [0.2, 0.25) is 0 Å². The van der Waals surface area contributed by atoms with E-state index in [1.54, 1.807) is 0 Å². The largest absolute Gasteiger partial charge is 0.380 e. The molecule has 3 nitrogen and oxygen atoms in total. The van der Waals surface area contributed by atoms with Crippen LogP contribution in [-0.2, 0) is 13.5 Å². The summed E-state index contributed by atoms with van der Waals surface area (Å²) in [4.78, 5) is 0. The minimum atomic E-state index is 0.470. The van der Waals surface area contributed by atoms with Gasteiger partial charge >= 0.3 is 0 Å². The van der Waals surface area contributed by atoms with Crippen molar-refractivity contribution in [1.82, 2.24) is 9.78 Å². The van der Waals surface area contributed by atoms with E-state index in [-0.39, 0.29) is 0 Å². The number of aryl methyl sites for hydroxylation is 2. The number of nitrogens with one attached hydrogen (secondary N) is 1. The molecule has 1 atom stereocenters. The third-order valence-electron chi connectivity index (χ3n) is 2.45. The number of hydrogen-bond donors (Lipinski definition) is 1. The molecule has 0 aliphatic rings. The van der Waals surface area contributed by atoms with Crippen molar-refractivity contribution in [2.24, 2.45) is 7.05 Å². The lowest BCUT2D eigenvalue weighted by molar-refractivity contribution is 0.717. The molecule has 1 heterocycles. The van der Waals surface area contributed by atoms with E-state index in [1.165, 1.54) is 0 Å². The monoisotopic (exact) mass is 207 g/mol. The molecule has 1 rings (SSSR count). The zero-order chi connectivity index (χ0) is 11.3. The first-order chi connectivity index (χ1) is 7.17. The Hall–Kier alpha value is -1.25. The van der Waals surface area contributed by atoms with Gasteiger partial charge < -0.3 is 5.32 Å². The third kappa shape index (κ3) is 3.42. The van der Waals surface area contributed by atoms with Gasteiger partial charge in [-0.05, 0) is 26.2 Å². The van der Waals surface area contributed by atoms with Crippen LogP contribution in [0.2, 0.25) is 0 Å². The number of rotatable bonds is 6. The molecular formula is C12H21N3. The van der Waals surface area contributed by atoms with Crippen LogP contribution in [0.1, 0.15) is 32.4 Å². The van der Waals surface area contributed by atoms with Gasteiger partial charge in [0, 0.05) is 19.3 Å². The molecule has 3 heteroatoms. The first kappa shape index (κ1) is 11.8. The van der Waals surface area contributed by atoms with Crippen LogP contribution in [0, 0.1) is 0 Å². The second kappa shape index (κ2) is 5.59. The summed E-state index contributed by atoms with van der Waals surface area (Å²) >= 11 is 0. The molecule has 0 radical (unpaired) electrons. The highest BCUT2D eigenvalue weighted by Crippen LogP contribution is 2.16. The Morgan fingerprint density at radius 1 is 1.67 bits per heavy atom. The Bertz CT molecular complexity index is 315. The molecule has 1 N–H and O–H groups in total. The van der Waals surface area contributed by atoms with E-state index in [0.29, 0.717) is 6.04 Å². The number of hydrogen-bond acceptors (Lipinski definition) is 2. The van der Waals surface area contributed by atoms with E-state index in [2.05, 4.69) is 30.8 Å². The Morgan fingerprint density at radius 2 is 2.40 bits per heavy atom. The molecule has 0 saturated heterocycles. The molecule has 15 heavy (non-hydrogen) atoms. The van der Waals surface area contributed by atoms with Crippen molar-refractivity contribution in [3.8, 4) is 0 Å². The normalized spacial score (nSPS) is 12.5. The van der Waals surface area contributed by atoms with Crippen LogP contribution in [0.5, 0.6) is 0 Å². The zero-order valence-electron chi connectivity index (χ0n) is 9.95. The quantitative estimate of drug-likeness (QED) is 0.727. The smallest absolute Gasteiger partial charge is 0.0853 e. The molecule has 0 bridgehead atoms. The van der Waals surface area contributed by atoms with Gasteiger partial charge in [-0.1, -0.05) is 13.0 Å². The molecule has 0 amide bonds. The fourth-order valence-corrected chi connectivity index (χ4v) is 1.62. The summed E-state index contributed by atoms with van der Waals surface area (Å²) in [5, 5.41) is 7.88. The average molecular weight is 207 g/mol. The van der Waals surface area contributed by atoms with Crippen LogP contribution in [0.4, 0.5) is 5.69 Å². The van der Waals surface area contributed by atoms with Crippen molar-refractivity contribution < 1.29 is 0 Å². The Labute approximate surface area is 92.2 Å². The highest BCUT2D eigenvalue weighted by molar-refractivity contribution is 5.47. The molecular weight excluding hydrogens is 186 g/mol. The van der Waals surface area contributed by atoms with Crippen LogP contribution in [0.25, 0.3) is 0 Å². The molecule has 1 aromatic heterocycles. The molecule has 0 saturated carbocycles. The summed E-state index contributed by atoms with van der Waals surface area (Å²) in [6.45, 7) is 8.05. The van der Waals surface area contributed by atoms with Crippen LogP contribution in [0.3, 0.4) is 0 Å². The molecule has 0 spiro atoms. The topological polar surface area (TPSA) is 29.9 Å². The predicted octanol–water partition coefficient (Wildman–Crippen LogP) is 2.75. The van der Waals surface area contributed by atoms with Crippen LogP contribution >= 0.6 is 0 Å². The van der Waals surface area contributed by atoms with E-state index >= 15 is 0 Å². The first-order valence-electron chi connectivity index (χ1n) is 5.57. The minimum absolute atomic E-state index is 0.470. The summed E-state index contributed by atoms with van der Waals surface area (Å²) in [6, 6.07) is 0.470. The third-order valence-corrected chi connectivity index (χ3v) is 2.45. The molecule has 0 fully saturated rings. The highest BCUT2D eigenvalue weighted by Gasteiger charge is 2.08. The summed E-state index contributed by atoms with van der Waals surface area (Å²) < 4.78 is 1.86. The first-order valence-corrected chi connectivity index (χ1v) is 5.57. The van der Waals surface area contributed by atoms with Crippen LogP contribution in [-0.4, -0.2) is 15.8 Å². The number of allylic oxidation sites excluding steroid dienone is 1. The molecule has 0 aromatic carbocycles. The molecule has 0 aliphatic carbocycles. The van der Waals surface area contributed by atoms with Gasteiger partial charge in [-0.3, -0.25) is 4.68 Å². The highest BCUT2D eigenvalue weighted by atomic mass is 15.3. The summed E-state index contributed by atoms with van der Waals surface area (Å²) in [7, 11) is 1.96. The van der Waals surface area contributed by atoms with Gasteiger partial charge in [-0.15, -0.1) is 6.58 Å². The van der Waals surface area contributed by atoms with Gasteiger partial charge in [0.1, 0.15) is 0 Å². The lowest BCUT2D eigenvalue weighted by Gasteiger charge is -2.13. The number of aromatic nitrogens is 2. The van der Waals surface area contributed by atoms with Crippen molar-refractivity contribution >= 4 is 5.69 Å². The molecule has 84 valence electrons. The van der Waals surface area contributed by atoms with Crippen molar-refractivity contribution in [2.45, 2.75) is 39.2 Å². The van der Waals surface area contributed by atoms with Crippen LogP contribution < -0.4 is 5.32 Å². The summed E-state index contributed by atoms with van der Waals surface area (Å²) in [6.07, 6.45) is 7.14. The predicted molar refractivity (Wildman–Crippen MR) is 65.1 cm³/mol. The standard InChI is InChI=1S/C12H21N3/c1-5-7-8-10(3)13-12-9-15(4)14-11(12)6-2/h5,9-10,13H,1,6-8H2,2-4H3. The summed E-state index contributed by atoms with van der Waals surface area (Å²) in [5.74, 6) is 0. The lowest BCUT2D eigenvalue weighted by Crippen LogP contribution is -2.15. The number of nitrogens with zero attached hydrogens (tertiary/aromatic N) is 2. The lowest BCUT2D eigenvalue weighted by atomic mass is 10.1. The van der Waals surface area contributed by atoms with Gasteiger partial charge in [-0.25, -0.2) is 0 Å². The van der Waals surface area contributed by atoms with Crippen LogP contribution in [0.15, 0.2) is 18.9 Å². The number of anilines is 1. The fourth-order valence-electron chi connectivity index (χ4n) is 1.62. The fraction of sp³-hybridized carbons (Fsp3) is 0.583. The van der Waals surface area contributed by atoms with Crippen molar-refractivity contribution in [1.29, 1.82) is 0 Å². The Kier molecular flexibility index (Phi) is 4.40. The molecule has 1 aromatic rings. The average Bonchev–Trinajstić information content (AvgIpc) is 2.55. The Morgan fingerprint density at radius 3 is 3.00 bits per heavy atom. The van der Waals surface area contributed by atoms with Crippen molar-refractivity contribution in [3.05, 3.63) is 24.5 Å². The second-order valence-electron chi connectivity index (χ2n) is 3.93. The zero-order valence-corrected chi connectivity index (χ0v) is 9.95. The van der Waals surface area contributed by atoms with Crippen molar-refractivity contribution in [2.75, 3.05) is 5.32 Å². The van der Waals surface area contributed by atoms with E-state index < -0.39 is 0 Å².